The van der Waals surface area contributed by atoms with Crippen molar-refractivity contribution < 1.29 is 52.7 Å². The van der Waals surface area contributed by atoms with Gasteiger partial charge in [-0.05, 0) is 57.5 Å². The first kappa shape index (κ1) is 30.8. The van der Waals surface area contributed by atoms with Gasteiger partial charge >= 0.3 is 23.9 Å². The fourth-order valence-electron chi connectivity index (χ4n) is 7.02. The summed E-state index contributed by atoms with van der Waals surface area (Å²) in [7, 11) is 3.55. The molecule has 0 unspecified atom stereocenters. The van der Waals surface area contributed by atoms with Crippen molar-refractivity contribution in [1.29, 1.82) is 0 Å². The number of aliphatic hydroxyl groups is 1. The van der Waals surface area contributed by atoms with Crippen molar-refractivity contribution >= 4 is 23.9 Å². The molecule has 43 heavy (non-hydrogen) atoms. The van der Waals surface area contributed by atoms with Crippen LogP contribution in [-0.4, -0.2) is 91.1 Å². The van der Waals surface area contributed by atoms with E-state index in [9.17, 15) is 24.3 Å². The Morgan fingerprint density at radius 3 is 2.65 bits per heavy atom. The van der Waals surface area contributed by atoms with E-state index in [1.807, 2.05) is 26.1 Å². The molecule has 1 aromatic rings. The van der Waals surface area contributed by atoms with Crippen molar-refractivity contribution in [3.05, 3.63) is 35.1 Å². The Morgan fingerprint density at radius 2 is 1.95 bits per heavy atom. The van der Waals surface area contributed by atoms with Crippen LogP contribution in [0.2, 0.25) is 0 Å². The van der Waals surface area contributed by atoms with E-state index in [1.54, 1.807) is 13.2 Å². The lowest BCUT2D eigenvalue weighted by atomic mass is 9.50. The van der Waals surface area contributed by atoms with Gasteiger partial charge in [0.1, 0.15) is 5.76 Å². The lowest BCUT2D eigenvalue weighted by Crippen LogP contribution is -2.74. The maximum absolute atomic E-state index is 13.2. The van der Waals surface area contributed by atoms with Crippen LogP contribution in [0.1, 0.15) is 64.0 Å². The summed E-state index contributed by atoms with van der Waals surface area (Å²) in [5.41, 5.74) is -0.0701. The van der Waals surface area contributed by atoms with Gasteiger partial charge in [0.05, 0.1) is 31.2 Å². The van der Waals surface area contributed by atoms with Crippen molar-refractivity contribution in [1.82, 2.24) is 4.90 Å². The Kier molecular flexibility index (Phi) is 8.45. The number of benzene rings is 1. The van der Waals surface area contributed by atoms with Crippen LogP contribution in [0.15, 0.2) is 24.0 Å². The first-order chi connectivity index (χ1) is 20.5. The molecular formula is C31H39NO11. The Bertz CT molecular complexity index is 1340. The summed E-state index contributed by atoms with van der Waals surface area (Å²) < 4.78 is 33.2. The van der Waals surface area contributed by atoms with Gasteiger partial charge in [-0.2, -0.15) is 0 Å². The molecule has 2 aliphatic heterocycles. The third-order valence-electron chi connectivity index (χ3n) is 9.08. The van der Waals surface area contributed by atoms with Gasteiger partial charge in [-0.1, -0.05) is 19.4 Å². The number of piperidine rings is 1. The molecular weight excluding hydrogens is 562 g/mol. The highest BCUT2D eigenvalue weighted by atomic mass is 16.6. The molecule has 0 saturated carbocycles. The number of esters is 4. The zero-order valence-corrected chi connectivity index (χ0v) is 25.2. The molecule has 2 bridgehead atoms. The minimum absolute atomic E-state index is 0.119. The topological polar surface area (TPSA) is 147 Å². The van der Waals surface area contributed by atoms with Gasteiger partial charge < -0.3 is 38.4 Å². The molecule has 0 amide bonds. The van der Waals surface area contributed by atoms with Gasteiger partial charge in [0, 0.05) is 24.9 Å². The highest BCUT2D eigenvalue weighted by Gasteiger charge is 2.72. The van der Waals surface area contributed by atoms with E-state index in [1.165, 1.54) is 6.92 Å². The van der Waals surface area contributed by atoms with Crippen LogP contribution in [0, 0.1) is 0 Å². The molecule has 12 heteroatoms. The fourth-order valence-corrected chi connectivity index (χ4v) is 7.02. The van der Waals surface area contributed by atoms with E-state index < -0.39 is 59.6 Å². The molecule has 4 aliphatic rings. The number of hydrogen-bond donors (Lipinski definition) is 1. The second kappa shape index (κ2) is 11.8. The van der Waals surface area contributed by atoms with Crippen LogP contribution >= 0.6 is 0 Å². The summed E-state index contributed by atoms with van der Waals surface area (Å²) >= 11 is 0. The van der Waals surface area contributed by atoms with Gasteiger partial charge in [-0.15, -0.1) is 0 Å². The number of rotatable bonds is 11. The second-order valence-electron chi connectivity index (χ2n) is 11.7. The average Bonchev–Trinajstić information content (AvgIpc) is 3.31. The van der Waals surface area contributed by atoms with Gasteiger partial charge in [0.15, 0.2) is 23.7 Å². The number of methoxy groups -OCH3 is 1. The first-order valence-corrected chi connectivity index (χ1v) is 14.7. The maximum atomic E-state index is 13.2. The van der Waals surface area contributed by atoms with E-state index in [2.05, 4.69) is 4.90 Å². The average molecular weight is 602 g/mol. The fraction of sp³-hybridized carbons (Fsp3) is 0.613. The van der Waals surface area contributed by atoms with Crippen molar-refractivity contribution in [2.24, 2.45) is 0 Å². The molecule has 0 aromatic heterocycles. The molecule has 1 spiro atoms. The Labute approximate surface area is 250 Å². The zero-order valence-electron chi connectivity index (χ0n) is 25.2. The Balaban J connectivity index is 1.32. The minimum atomic E-state index is -1.50. The molecule has 2 heterocycles. The van der Waals surface area contributed by atoms with Crippen LogP contribution in [0.25, 0.3) is 0 Å². The summed E-state index contributed by atoms with van der Waals surface area (Å²) in [5, 5.41) is 12.3. The monoisotopic (exact) mass is 601 g/mol. The molecule has 2 aliphatic carbocycles. The summed E-state index contributed by atoms with van der Waals surface area (Å²) in [6, 6.07) is 3.69. The summed E-state index contributed by atoms with van der Waals surface area (Å²) in [6.45, 7) is 5.20. The largest absolute Gasteiger partial charge is 0.493 e. The molecule has 234 valence electrons. The number of carbonyl (C=O) groups excluding carboxylic acids is 4. The van der Waals surface area contributed by atoms with Crippen LogP contribution in [0.5, 0.6) is 11.5 Å². The quantitative estimate of drug-likeness (QED) is 0.225. The molecule has 1 fully saturated rings. The van der Waals surface area contributed by atoms with Crippen molar-refractivity contribution in [2.45, 2.75) is 94.7 Å². The summed E-state index contributed by atoms with van der Waals surface area (Å²) in [4.78, 5) is 51.9. The third-order valence-corrected chi connectivity index (χ3v) is 9.08. The number of ether oxygens (including phenoxy) is 6. The highest BCUT2D eigenvalue weighted by molar-refractivity contribution is 5.85. The van der Waals surface area contributed by atoms with Crippen LogP contribution < -0.4 is 9.47 Å². The first-order valence-electron chi connectivity index (χ1n) is 14.7. The third kappa shape index (κ3) is 5.14. The number of carbonyl (C=O) groups is 4. The number of unbranched alkanes of at least 4 members (excludes halogenated alkanes) is 1. The van der Waals surface area contributed by atoms with Gasteiger partial charge in [-0.25, -0.2) is 9.59 Å². The number of likely N-dealkylation sites (tertiary alicyclic amines) is 1. The molecule has 0 radical (unpaired) electrons. The molecule has 12 nitrogen and oxygen atoms in total. The van der Waals surface area contributed by atoms with Crippen molar-refractivity contribution in [3.63, 3.8) is 0 Å². The van der Waals surface area contributed by atoms with Crippen LogP contribution in [0.3, 0.4) is 0 Å². The number of likely N-dealkylation sites (N-methyl/N-ethyl adjacent to an activating group) is 1. The van der Waals surface area contributed by atoms with Crippen molar-refractivity contribution in [2.75, 3.05) is 27.3 Å². The number of hydrogen-bond acceptors (Lipinski definition) is 12. The maximum Gasteiger partial charge on any atom is 0.352 e. The van der Waals surface area contributed by atoms with Gasteiger partial charge in [-0.3, -0.25) is 9.59 Å². The van der Waals surface area contributed by atoms with E-state index in [0.717, 1.165) is 24.5 Å². The Hall–Kier alpha value is -3.64. The highest BCUT2D eigenvalue weighted by Crippen LogP contribution is 2.65. The zero-order chi connectivity index (χ0) is 31.1. The van der Waals surface area contributed by atoms with Crippen molar-refractivity contribution in [3.8, 4) is 11.5 Å². The predicted molar refractivity (Wildman–Crippen MR) is 149 cm³/mol. The minimum Gasteiger partial charge on any atom is -0.493 e. The van der Waals surface area contributed by atoms with Crippen LogP contribution in [0.4, 0.5) is 0 Å². The second-order valence-corrected chi connectivity index (χ2v) is 11.7. The van der Waals surface area contributed by atoms with E-state index >= 15 is 0 Å². The van der Waals surface area contributed by atoms with Gasteiger partial charge in [0.25, 0.3) is 0 Å². The molecule has 1 N–H and O–H groups in total. The van der Waals surface area contributed by atoms with Crippen LogP contribution in [-0.2, 0) is 50.0 Å². The van der Waals surface area contributed by atoms with E-state index in [-0.39, 0.29) is 24.8 Å². The van der Waals surface area contributed by atoms with E-state index in [4.69, 9.17) is 28.4 Å². The lowest BCUT2D eigenvalue weighted by Gasteiger charge is -2.61. The summed E-state index contributed by atoms with van der Waals surface area (Å²) in [6.07, 6.45) is 0.244. The molecule has 6 atom stereocenters. The molecule has 1 saturated heterocycles. The van der Waals surface area contributed by atoms with Gasteiger partial charge in [0.2, 0.25) is 6.10 Å². The summed E-state index contributed by atoms with van der Waals surface area (Å²) in [5.74, 6) is -2.14. The predicted octanol–water partition coefficient (Wildman–Crippen LogP) is 2.11. The van der Waals surface area contributed by atoms with E-state index in [0.29, 0.717) is 37.3 Å². The smallest absolute Gasteiger partial charge is 0.352 e. The SMILES string of the molecule is CCCCOC(=O)[C@H](CC(=O)O[C@@H](C)C(=O)OC1=CC[C@@]2(O)[C@H]3Cc4ccc(OC)c5c4[C@@]2(CCN3C)[C@H]1O5)OC(C)=O. The number of nitrogens with zero attached hydrogens (tertiary/aromatic N) is 1. The Morgan fingerprint density at radius 1 is 1.19 bits per heavy atom. The normalized spacial score (nSPS) is 27.9. The molecule has 5 rings (SSSR count). The lowest BCUT2D eigenvalue weighted by molar-refractivity contribution is -0.178. The molecule has 1 aromatic carbocycles. The standard InChI is InChI=1S/C31H39NO11/c1-6-7-14-39-29(36)22(41-18(3)33)16-24(34)40-17(2)28(35)42-21-10-11-31(37)23-15-19-8-9-20(38-5)26-25(19)30(31,27(21)43-26)12-13-32(23)4/h8-10,17,22-23,27,37H,6-7,11-16H2,1-5H3/t17-,22-,23+,27-,30-,31+/m0/s1.